The van der Waals surface area contributed by atoms with Crippen molar-refractivity contribution in [3.05, 3.63) is 35.4 Å². The Morgan fingerprint density at radius 3 is 2.77 bits per heavy atom. The van der Waals surface area contributed by atoms with Gasteiger partial charge in [-0.05, 0) is 48.4 Å². The smallest absolute Gasteiger partial charge is 0.0178 e. The van der Waals surface area contributed by atoms with Crippen LogP contribution < -0.4 is 5.73 Å². The topological polar surface area (TPSA) is 29.3 Å². The standard InChI is InChI=1S/C20H34N2/c1-4-5-6-7-12-22-13-11-20(3,17(2)16-22)19-10-8-9-18(14-19)15-21/h8-10,14,17H,4-7,11-13,15-16,21H2,1-3H3. The molecular formula is C20H34N2. The van der Waals surface area contributed by atoms with Gasteiger partial charge in [0.2, 0.25) is 0 Å². The molecule has 124 valence electrons. The van der Waals surface area contributed by atoms with Crippen LogP contribution in [0.25, 0.3) is 0 Å². The Kier molecular flexibility index (Phi) is 6.46. The van der Waals surface area contributed by atoms with Gasteiger partial charge in [-0.1, -0.05) is 64.3 Å². The Bertz CT molecular complexity index is 457. The highest BCUT2D eigenvalue weighted by Crippen LogP contribution is 2.39. The van der Waals surface area contributed by atoms with Crippen LogP contribution in [-0.2, 0) is 12.0 Å². The van der Waals surface area contributed by atoms with Crippen molar-refractivity contribution in [3.63, 3.8) is 0 Å². The molecule has 2 rings (SSSR count). The van der Waals surface area contributed by atoms with Crippen molar-refractivity contribution < 1.29 is 0 Å². The van der Waals surface area contributed by atoms with Gasteiger partial charge in [0.05, 0.1) is 0 Å². The summed E-state index contributed by atoms with van der Waals surface area (Å²) in [5.74, 6) is 0.695. The van der Waals surface area contributed by atoms with Gasteiger partial charge in [-0.15, -0.1) is 0 Å². The number of hydrogen-bond acceptors (Lipinski definition) is 2. The Morgan fingerprint density at radius 2 is 2.09 bits per heavy atom. The minimum atomic E-state index is 0.297. The van der Waals surface area contributed by atoms with E-state index in [2.05, 4.69) is 49.9 Å². The number of rotatable bonds is 7. The fraction of sp³-hybridized carbons (Fsp3) is 0.700. The number of nitrogens with zero attached hydrogens (tertiary/aromatic N) is 1. The summed E-state index contributed by atoms with van der Waals surface area (Å²) in [5.41, 5.74) is 8.85. The molecule has 2 heteroatoms. The number of hydrogen-bond donors (Lipinski definition) is 1. The molecule has 2 atom stereocenters. The lowest BCUT2D eigenvalue weighted by atomic mass is 9.68. The van der Waals surface area contributed by atoms with Gasteiger partial charge in [-0.3, -0.25) is 0 Å². The lowest BCUT2D eigenvalue weighted by Crippen LogP contribution is -2.47. The summed E-state index contributed by atoms with van der Waals surface area (Å²) >= 11 is 0. The molecule has 0 bridgehead atoms. The highest BCUT2D eigenvalue weighted by molar-refractivity contribution is 5.31. The first-order chi connectivity index (χ1) is 10.6. The van der Waals surface area contributed by atoms with Crippen molar-refractivity contribution in [1.82, 2.24) is 4.90 Å². The molecule has 0 radical (unpaired) electrons. The monoisotopic (exact) mass is 302 g/mol. The first-order valence-electron chi connectivity index (χ1n) is 9.12. The van der Waals surface area contributed by atoms with Crippen molar-refractivity contribution in [2.75, 3.05) is 19.6 Å². The molecule has 0 spiro atoms. The van der Waals surface area contributed by atoms with Crippen LogP contribution in [0.15, 0.2) is 24.3 Å². The van der Waals surface area contributed by atoms with Crippen LogP contribution in [0.4, 0.5) is 0 Å². The molecule has 22 heavy (non-hydrogen) atoms. The second-order valence-corrected chi connectivity index (χ2v) is 7.33. The Balaban J connectivity index is 1.96. The molecule has 0 saturated carbocycles. The molecule has 2 unspecified atom stereocenters. The first kappa shape index (κ1) is 17.5. The highest BCUT2D eigenvalue weighted by atomic mass is 15.1. The van der Waals surface area contributed by atoms with E-state index in [4.69, 9.17) is 5.73 Å². The second-order valence-electron chi connectivity index (χ2n) is 7.33. The third-order valence-corrected chi connectivity index (χ3v) is 5.72. The molecule has 1 aromatic rings. The third kappa shape index (κ3) is 4.11. The minimum absolute atomic E-state index is 0.297. The minimum Gasteiger partial charge on any atom is -0.326 e. The summed E-state index contributed by atoms with van der Waals surface area (Å²) in [6.45, 7) is 11.5. The van der Waals surface area contributed by atoms with Crippen LogP contribution in [0.5, 0.6) is 0 Å². The zero-order valence-corrected chi connectivity index (χ0v) is 14.8. The zero-order valence-electron chi connectivity index (χ0n) is 14.8. The summed E-state index contributed by atoms with van der Waals surface area (Å²) < 4.78 is 0. The summed E-state index contributed by atoms with van der Waals surface area (Å²) in [5, 5.41) is 0. The van der Waals surface area contributed by atoms with E-state index in [1.54, 1.807) is 0 Å². The number of nitrogens with two attached hydrogens (primary N) is 1. The van der Waals surface area contributed by atoms with Crippen molar-refractivity contribution in [2.24, 2.45) is 11.7 Å². The van der Waals surface area contributed by atoms with Gasteiger partial charge < -0.3 is 10.6 Å². The van der Waals surface area contributed by atoms with E-state index in [1.807, 2.05) is 0 Å². The maximum Gasteiger partial charge on any atom is 0.0178 e. The van der Waals surface area contributed by atoms with Crippen LogP contribution in [0.2, 0.25) is 0 Å². The summed E-state index contributed by atoms with van der Waals surface area (Å²) in [6.07, 6.45) is 6.71. The molecule has 1 fully saturated rings. The van der Waals surface area contributed by atoms with Gasteiger partial charge in [-0.2, -0.15) is 0 Å². The van der Waals surface area contributed by atoms with E-state index in [-0.39, 0.29) is 0 Å². The molecular weight excluding hydrogens is 268 g/mol. The number of unbranched alkanes of at least 4 members (excludes halogenated alkanes) is 3. The van der Waals surface area contributed by atoms with Gasteiger partial charge in [0.1, 0.15) is 0 Å². The van der Waals surface area contributed by atoms with Crippen molar-refractivity contribution in [3.8, 4) is 0 Å². The highest BCUT2D eigenvalue weighted by Gasteiger charge is 2.37. The molecule has 1 heterocycles. The fourth-order valence-corrected chi connectivity index (χ4v) is 3.76. The first-order valence-corrected chi connectivity index (χ1v) is 9.12. The van der Waals surface area contributed by atoms with Crippen LogP contribution in [-0.4, -0.2) is 24.5 Å². The number of piperidine rings is 1. The molecule has 0 aromatic heterocycles. The molecule has 1 aromatic carbocycles. The van der Waals surface area contributed by atoms with E-state index in [0.717, 1.165) is 0 Å². The van der Waals surface area contributed by atoms with Gasteiger partial charge in [0.25, 0.3) is 0 Å². The van der Waals surface area contributed by atoms with Crippen molar-refractivity contribution >= 4 is 0 Å². The SMILES string of the molecule is CCCCCCN1CCC(C)(c2cccc(CN)c2)C(C)C1. The average molecular weight is 303 g/mol. The Hall–Kier alpha value is -0.860. The summed E-state index contributed by atoms with van der Waals surface area (Å²) in [4.78, 5) is 2.68. The predicted molar refractivity (Wildman–Crippen MR) is 96.0 cm³/mol. The summed E-state index contributed by atoms with van der Waals surface area (Å²) in [6, 6.07) is 8.94. The molecule has 0 aliphatic carbocycles. The second kappa shape index (κ2) is 8.12. The largest absolute Gasteiger partial charge is 0.326 e. The molecule has 1 saturated heterocycles. The van der Waals surface area contributed by atoms with E-state index >= 15 is 0 Å². The normalized spacial score (nSPS) is 26.3. The quantitative estimate of drug-likeness (QED) is 0.760. The van der Waals surface area contributed by atoms with Crippen LogP contribution in [0.3, 0.4) is 0 Å². The van der Waals surface area contributed by atoms with Gasteiger partial charge in [-0.25, -0.2) is 0 Å². The Morgan fingerprint density at radius 1 is 1.27 bits per heavy atom. The third-order valence-electron chi connectivity index (χ3n) is 5.72. The number of likely N-dealkylation sites (tertiary alicyclic amines) is 1. The van der Waals surface area contributed by atoms with Gasteiger partial charge in [0, 0.05) is 13.1 Å². The Labute approximate surface area is 137 Å². The van der Waals surface area contributed by atoms with E-state index in [1.165, 1.54) is 62.9 Å². The predicted octanol–water partition coefficient (Wildman–Crippen LogP) is 4.33. The summed E-state index contributed by atoms with van der Waals surface area (Å²) in [7, 11) is 0. The van der Waals surface area contributed by atoms with E-state index in [0.29, 0.717) is 17.9 Å². The average Bonchev–Trinajstić information content (AvgIpc) is 2.55. The van der Waals surface area contributed by atoms with Crippen LogP contribution in [0, 0.1) is 5.92 Å². The van der Waals surface area contributed by atoms with E-state index < -0.39 is 0 Å². The number of benzene rings is 1. The lowest BCUT2D eigenvalue weighted by molar-refractivity contribution is 0.109. The van der Waals surface area contributed by atoms with Crippen molar-refractivity contribution in [1.29, 1.82) is 0 Å². The fourth-order valence-electron chi connectivity index (χ4n) is 3.76. The van der Waals surface area contributed by atoms with Crippen LogP contribution in [0.1, 0.15) is 64.0 Å². The van der Waals surface area contributed by atoms with Crippen molar-refractivity contribution in [2.45, 2.75) is 64.8 Å². The van der Waals surface area contributed by atoms with Gasteiger partial charge >= 0.3 is 0 Å². The maximum absolute atomic E-state index is 5.82. The molecule has 2 nitrogen and oxygen atoms in total. The molecule has 1 aliphatic rings. The van der Waals surface area contributed by atoms with Crippen LogP contribution >= 0.6 is 0 Å². The van der Waals surface area contributed by atoms with Gasteiger partial charge in [0.15, 0.2) is 0 Å². The lowest BCUT2D eigenvalue weighted by Gasteiger charge is -2.45. The molecule has 1 aliphatic heterocycles. The molecule has 2 N–H and O–H groups in total. The zero-order chi connectivity index (χ0) is 16.0. The maximum atomic E-state index is 5.82. The van der Waals surface area contributed by atoms with E-state index in [9.17, 15) is 0 Å². The molecule has 0 amide bonds.